The molecule has 0 saturated carbocycles. The number of carbonyl (C=O) groups is 3. The van der Waals surface area contributed by atoms with Crippen molar-refractivity contribution >= 4 is 17.9 Å². The normalized spacial score (nSPS) is 12.4. The van der Waals surface area contributed by atoms with E-state index in [1.807, 2.05) is 6.08 Å². The summed E-state index contributed by atoms with van der Waals surface area (Å²) in [5.74, 6) is -0.972. The largest absolute Gasteiger partial charge is 0.462 e. The van der Waals surface area contributed by atoms with Gasteiger partial charge in [-0.25, -0.2) is 0 Å². The summed E-state index contributed by atoms with van der Waals surface area (Å²) in [4.78, 5) is 38.3. The molecule has 0 bridgehead atoms. The van der Waals surface area contributed by atoms with Gasteiger partial charge in [0.1, 0.15) is 13.2 Å². The maximum Gasteiger partial charge on any atom is 0.306 e. The highest BCUT2D eigenvalue weighted by molar-refractivity contribution is 5.71. The third-order valence-corrected chi connectivity index (χ3v) is 15.8. The first-order valence-corrected chi connectivity index (χ1v) is 35.3. The zero-order chi connectivity index (χ0) is 57.8. The van der Waals surface area contributed by atoms with Crippen molar-refractivity contribution in [2.75, 3.05) is 13.2 Å². The Bertz CT molecular complexity index is 1430. The second-order valence-electron chi connectivity index (χ2n) is 23.8. The summed E-state index contributed by atoms with van der Waals surface area (Å²) in [5, 5.41) is 0. The fourth-order valence-corrected chi connectivity index (χ4v) is 10.5. The zero-order valence-corrected chi connectivity index (χ0v) is 53.6. The van der Waals surface area contributed by atoms with E-state index in [-0.39, 0.29) is 37.5 Å². The van der Waals surface area contributed by atoms with Crippen molar-refractivity contribution < 1.29 is 28.6 Å². The van der Waals surface area contributed by atoms with Crippen LogP contribution in [0.1, 0.15) is 374 Å². The predicted octanol–water partition coefficient (Wildman–Crippen LogP) is 24.3. The van der Waals surface area contributed by atoms with Crippen molar-refractivity contribution in [3.05, 3.63) is 60.8 Å². The van der Waals surface area contributed by atoms with Gasteiger partial charge in [-0.15, -0.1) is 0 Å². The highest BCUT2D eigenvalue weighted by Gasteiger charge is 2.19. The zero-order valence-electron chi connectivity index (χ0n) is 53.6. The lowest BCUT2D eigenvalue weighted by Gasteiger charge is -2.18. The molecule has 1 atom stereocenters. The number of allylic oxidation sites excluding steroid dienone is 10. The van der Waals surface area contributed by atoms with Gasteiger partial charge in [-0.1, -0.05) is 345 Å². The molecular formula is C74H134O6. The summed E-state index contributed by atoms with van der Waals surface area (Å²) < 4.78 is 16.9. The Labute approximate surface area is 498 Å². The van der Waals surface area contributed by atoms with E-state index in [1.54, 1.807) is 0 Å². The Kier molecular flexibility index (Phi) is 66.1. The first-order chi connectivity index (χ1) is 39.5. The average molecular weight is 1120 g/mol. The van der Waals surface area contributed by atoms with Gasteiger partial charge in [-0.3, -0.25) is 14.4 Å². The molecule has 6 nitrogen and oxygen atoms in total. The van der Waals surface area contributed by atoms with Crippen LogP contribution in [0.3, 0.4) is 0 Å². The van der Waals surface area contributed by atoms with Crippen molar-refractivity contribution in [1.82, 2.24) is 0 Å². The third-order valence-electron chi connectivity index (χ3n) is 15.8. The lowest BCUT2D eigenvalue weighted by molar-refractivity contribution is -0.166. The second kappa shape index (κ2) is 68.6. The molecule has 0 amide bonds. The van der Waals surface area contributed by atoms with Crippen LogP contribution in [0.2, 0.25) is 0 Å². The van der Waals surface area contributed by atoms with Gasteiger partial charge in [0.25, 0.3) is 0 Å². The minimum atomic E-state index is -0.807. The Morgan fingerprint density at radius 2 is 0.512 bits per heavy atom. The predicted molar refractivity (Wildman–Crippen MR) is 348 cm³/mol. The lowest BCUT2D eigenvalue weighted by atomic mass is 10.0. The lowest BCUT2D eigenvalue weighted by Crippen LogP contribution is -2.30. The molecule has 0 radical (unpaired) electrons. The molecule has 0 aliphatic rings. The van der Waals surface area contributed by atoms with Gasteiger partial charge < -0.3 is 14.2 Å². The Balaban J connectivity index is 4.13. The maximum absolute atomic E-state index is 12.9. The van der Waals surface area contributed by atoms with Gasteiger partial charge in [0.15, 0.2) is 6.10 Å². The average Bonchev–Trinajstić information content (AvgIpc) is 3.46. The number of esters is 3. The van der Waals surface area contributed by atoms with Gasteiger partial charge in [-0.2, -0.15) is 0 Å². The van der Waals surface area contributed by atoms with Crippen molar-refractivity contribution in [3.8, 4) is 0 Å². The highest BCUT2D eigenvalue weighted by atomic mass is 16.6. The number of unbranched alkanes of at least 4 members (excludes halogenated alkanes) is 44. The smallest absolute Gasteiger partial charge is 0.306 e. The molecule has 6 heteroatoms. The number of hydrogen-bond donors (Lipinski definition) is 0. The standard InChI is InChI=1S/C74H134O6/c1-4-7-10-13-16-19-22-25-27-29-30-31-32-33-34-35-36-37-38-39-40-41-42-43-44-45-47-49-52-55-58-61-64-67-73(76)79-70-71(69-78-72(75)66-63-60-57-54-51-48-24-21-18-15-12-9-6-3)80-74(77)68-65-62-59-56-53-50-46-28-26-23-20-17-14-11-8-5-2/h9,12,18,21,28,46,48,51,57,60,71H,4-8,10-11,13-17,19-20,22-27,29-45,47,49-50,52-56,58-59,61-70H2,1-3H3/b12-9-,21-18-,46-28-,51-48-,60-57-. The molecule has 0 rings (SSSR count). The summed E-state index contributed by atoms with van der Waals surface area (Å²) >= 11 is 0. The topological polar surface area (TPSA) is 78.9 Å². The van der Waals surface area contributed by atoms with E-state index in [9.17, 15) is 14.4 Å². The second-order valence-corrected chi connectivity index (χ2v) is 23.8. The van der Waals surface area contributed by atoms with E-state index in [0.29, 0.717) is 19.3 Å². The van der Waals surface area contributed by atoms with Crippen molar-refractivity contribution in [2.24, 2.45) is 0 Å². The van der Waals surface area contributed by atoms with Crippen molar-refractivity contribution in [3.63, 3.8) is 0 Å². The first kappa shape index (κ1) is 77.1. The Hall–Kier alpha value is -2.89. The SMILES string of the molecule is CC/C=C\C/C=C\C/C=C\C/C=C\CCC(=O)OCC(COC(=O)CCCCCCCCCCCCCCCCCCCCCCCCCCCCCCCCCCC)OC(=O)CCCCCCC/C=C\CCCCCCCCC. The molecule has 0 N–H and O–H groups in total. The van der Waals surface area contributed by atoms with Gasteiger partial charge >= 0.3 is 17.9 Å². The minimum absolute atomic E-state index is 0.0964. The maximum atomic E-state index is 12.9. The summed E-state index contributed by atoms with van der Waals surface area (Å²) in [5.41, 5.74) is 0. The molecule has 0 aliphatic carbocycles. The van der Waals surface area contributed by atoms with Gasteiger partial charge in [0.2, 0.25) is 0 Å². The fourth-order valence-electron chi connectivity index (χ4n) is 10.5. The quantitative estimate of drug-likeness (QED) is 0.0261. The molecule has 1 unspecified atom stereocenters. The van der Waals surface area contributed by atoms with Crippen LogP contribution in [-0.4, -0.2) is 37.2 Å². The molecule has 0 aliphatic heterocycles. The van der Waals surface area contributed by atoms with Crippen LogP contribution in [0.4, 0.5) is 0 Å². The highest BCUT2D eigenvalue weighted by Crippen LogP contribution is 2.18. The molecule has 0 saturated heterocycles. The van der Waals surface area contributed by atoms with Gasteiger partial charge in [0, 0.05) is 19.3 Å². The number of carbonyl (C=O) groups excluding carboxylic acids is 3. The molecule has 0 aromatic heterocycles. The summed E-state index contributed by atoms with van der Waals surface area (Å²) in [6.45, 7) is 6.50. The Morgan fingerprint density at radius 1 is 0.263 bits per heavy atom. The molecule has 0 aromatic carbocycles. The van der Waals surface area contributed by atoms with Gasteiger partial charge in [-0.05, 0) is 70.6 Å². The molecule has 0 spiro atoms. The molecular weight excluding hydrogens is 985 g/mol. The summed E-state index contributed by atoms with van der Waals surface area (Å²) in [6, 6.07) is 0. The molecule has 0 aromatic rings. The van der Waals surface area contributed by atoms with Gasteiger partial charge in [0.05, 0.1) is 0 Å². The molecule has 0 fully saturated rings. The van der Waals surface area contributed by atoms with E-state index < -0.39 is 6.10 Å². The molecule has 0 heterocycles. The van der Waals surface area contributed by atoms with E-state index in [4.69, 9.17) is 14.2 Å². The van der Waals surface area contributed by atoms with Crippen molar-refractivity contribution in [1.29, 1.82) is 0 Å². The van der Waals surface area contributed by atoms with Crippen LogP contribution in [0.25, 0.3) is 0 Å². The van der Waals surface area contributed by atoms with Crippen LogP contribution in [0.15, 0.2) is 60.8 Å². The molecule has 80 heavy (non-hydrogen) atoms. The number of hydrogen-bond acceptors (Lipinski definition) is 6. The van der Waals surface area contributed by atoms with E-state index in [2.05, 4.69) is 75.5 Å². The van der Waals surface area contributed by atoms with Crippen LogP contribution < -0.4 is 0 Å². The summed E-state index contributed by atoms with van der Waals surface area (Å²) in [7, 11) is 0. The fraction of sp³-hybridized carbons (Fsp3) is 0.824. The third kappa shape index (κ3) is 65.9. The summed E-state index contributed by atoms with van der Waals surface area (Å²) in [6.07, 6.45) is 88.7. The Morgan fingerprint density at radius 3 is 0.838 bits per heavy atom. The van der Waals surface area contributed by atoms with Crippen LogP contribution in [0.5, 0.6) is 0 Å². The monoisotopic (exact) mass is 1120 g/mol. The first-order valence-electron chi connectivity index (χ1n) is 35.3. The van der Waals surface area contributed by atoms with E-state index >= 15 is 0 Å². The van der Waals surface area contributed by atoms with E-state index in [0.717, 1.165) is 77.0 Å². The minimum Gasteiger partial charge on any atom is -0.462 e. The number of rotatable bonds is 65. The van der Waals surface area contributed by atoms with Crippen molar-refractivity contribution in [2.45, 2.75) is 380 Å². The van der Waals surface area contributed by atoms with Crippen LogP contribution in [0, 0.1) is 0 Å². The van der Waals surface area contributed by atoms with E-state index in [1.165, 1.54) is 250 Å². The number of ether oxygens (including phenoxy) is 3. The van der Waals surface area contributed by atoms with Crippen LogP contribution in [-0.2, 0) is 28.6 Å². The molecule has 466 valence electrons. The van der Waals surface area contributed by atoms with Crippen LogP contribution >= 0.6 is 0 Å².